The Morgan fingerprint density at radius 1 is 1.18 bits per heavy atom. The van der Waals surface area contributed by atoms with Crippen LogP contribution in [-0.4, -0.2) is 22.3 Å². The van der Waals surface area contributed by atoms with Crippen molar-refractivity contribution in [1.29, 1.82) is 0 Å². The number of hydrogen-bond donors (Lipinski definition) is 2. The van der Waals surface area contributed by atoms with Crippen LogP contribution in [0.1, 0.15) is 32.1 Å². The van der Waals surface area contributed by atoms with Gasteiger partial charge in [-0.25, -0.2) is 0 Å². The lowest BCUT2D eigenvalue weighted by Crippen LogP contribution is -2.12. The first-order valence-corrected chi connectivity index (χ1v) is 4.11. The summed E-state index contributed by atoms with van der Waals surface area (Å²) in [7, 11) is 0. The number of aliphatic hydroxyl groups excluding tert-OH is 1. The summed E-state index contributed by atoms with van der Waals surface area (Å²) in [6.45, 7) is 0. The minimum atomic E-state index is -0.709. The van der Waals surface area contributed by atoms with Crippen molar-refractivity contribution in [2.45, 2.75) is 38.2 Å². The second-order valence-electron chi connectivity index (χ2n) is 3.20. The van der Waals surface area contributed by atoms with Gasteiger partial charge in [0.1, 0.15) is 0 Å². The molecular weight excluding hydrogens is 144 g/mol. The van der Waals surface area contributed by atoms with Crippen LogP contribution in [0.3, 0.4) is 0 Å². The van der Waals surface area contributed by atoms with E-state index in [1.807, 2.05) is 0 Å². The summed E-state index contributed by atoms with van der Waals surface area (Å²) in [5.74, 6) is -0.925. The molecule has 0 spiro atoms. The SMILES string of the molecule is O=C(O)C1CCCC(O)CC1. The predicted molar refractivity (Wildman–Crippen MR) is 40.2 cm³/mol. The minimum Gasteiger partial charge on any atom is -0.481 e. The smallest absolute Gasteiger partial charge is 0.306 e. The maximum Gasteiger partial charge on any atom is 0.306 e. The van der Waals surface area contributed by atoms with Crippen LogP contribution in [0, 0.1) is 5.92 Å². The standard InChI is InChI=1S/C8H14O3/c9-7-3-1-2-6(4-5-7)8(10)11/h6-7,9H,1-5H2,(H,10,11). The third kappa shape index (κ3) is 2.50. The number of carboxylic acid groups (broad SMARTS) is 1. The van der Waals surface area contributed by atoms with Crippen LogP contribution >= 0.6 is 0 Å². The number of hydrogen-bond acceptors (Lipinski definition) is 2. The molecule has 0 aromatic heterocycles. The van der Waals surface area contributed by atoms with Gasteiger partial charge in [-0.05, 0) is 25.7 Å². The first kappa shape index (κ1) is 8.53. The molecule has 0 aliphatic heterocycles. The Balaban J connectivity index is 2.40. The van der Waals surface area contributed by atoms with Gasteiger partial charge in [0.05, 0.1) is 12.0 Å². The summed E-state index contributed by atoms with van der Waals surface area (Å²) >= 11 is 0. The van der Waals surface area contributed by atoms with Gasteiger partial charge in [0.15, 0.2) is 0 Å². The van der Waals surface area contributed by atoms with E-state index in [0.717, 1.165) is 19.3 Å². The summed E-state index contributed by atoms with van der Waals surface area (Å²) < 4.78 is 0. The van der Waals surface area contributed by atoms with E-state index in [2.05, 4.69) is 0 Å². The second kappa shape index (κ2) is 3.72. The molecule has 0 saturated heterocycles. The Labute approximate surface area is 66.0 Å². The molecule has 0 bridgehead atoms. The molecule has 2 atom stereocenters. The molecule has 0 heterocycles. The highest BCUT2D eigenvalue weighted by Gasteiger charge is 2.21. The Hall–Kier alpha value is -0.570. The second-order valence-corrected chi connectivity index (χ2v) is 3.20. The Kier molecular flexibility index (Phi) is 2.88. The van der Waals surface area contributed by atoms with Crippen LogP contribution in [0.2, 0.25) is 0 Å². The molecular formula is C8H14O3. The van der Waals surface area contributed by atoms with Crippen LogP contribution in [0.25, 0.3) is 0 Å². The van der Waals surface area contributed by atoms with Gasteiger partial charge >= 0.3 is 5.97 Å². The van der Waals surface area contributed by atoms with E-state index in [-0.39, 0.29) is 12.0 Å². The molecule has 1 aliphatic carbocycles. The molecule has 1 rings (SSSR count). The molecule has 0 aromatic carbocycles. The fourth-order valence-corrected chi connectivity index (χ4v) is 1.53. The third-order valence-corrected chi connectivity index (χ3v) is 2.29. The van der Waals surface area contributed by atoms with Gasteiger partial charge in [-0.2, -0.15) is 0 Å². The van der Waals surface area contributed by atoms with Gasteiger partial charge in [0, 0.05) is 0 Å². The van der Waals surface area contributed by atoms with Crippen molar-refractivity contribution in [3.63, 3.8) is 0 Å². The van der Waals surface area contributed by atoms with E-state index in [0.29, 0.717) is 12.8 Å². The number of rotatable bonds is 1. The van der Waals surface area contributed by atoms with Crippen molar-refractivity contribution in [3.8, 4) is 0 Å². The van der Waals surface area contributed by atoms with Gasteiger partial charge in [-0.15, -0.1) is 0 Å². The zero-order valence-electron chi connectivity index (χ0n) is 6.49. The zero-order valence-corrected chi connectivity index (χ0v) is 6.49. The van der Waals surface area contributed by atoms with Gasteiger partial charge in [-0.1, -0.05) is 6.42 Å². The summed E-state index contributed by atoms with van der Waals surface area (Å²) in [5, 5.41) is 17.9. The van der Waals surface area contributed by atoms with Gasteiger partial charge in [0.2, 0.25) is 0 Å². The monoisotopic (exact) mass is 158 g/mol. The van der Waals surface area contributed by atoms with E-state index in [9.17, 15) is 9.90 Å². The molecule has 1 saturated carbocycles. The lowest BCUT2D eigenvalue weighted by Gasteiger charge is -2.06. The molecule has 3 nitrogen and oxygen atoms in total. The van der Waals surface area contributed by atoms with Crippen molar-refractivity contribution >= 4 is 5.97 Å². The molecule has 11 heavy (non-hydrogen) atoms. The van der Waals surface area contributed by atoms with E-state index in [1.54, 1.807) is 0 Å². The quantitative estimate of drug-likeness (QED) is 0.560. The van der Waals surface area contributed by atoms with E-state index in [1.165, 1.54) is 0 Å². The molecule has 0 aromatic rings. The topological polar surface area (TPSA) is 57.5 Å². The van der Waals surface area contributed by atoms with Crippen molar-refractivity contribution < 1.29 is 15.0 Å². The summed E-state index contributed by atoms with van der Waals surface area (Å²) in [4.78, 5) is 10.5. The molecule has 0 amide bonds. The fourth-order valence-electron chi connectivity index (χ4n) is 1.53. The van der Waals surface area contributed by atoms with Crippen molar-refractivity contribution in [1.82, 2.24) is 0 Å². The average molecular weight is 158 g/mol. The third-order valence-electron chi connectivity index (χ3n) is 2.29. The first-order chi connectivity index (χ1) is 5.20. The zero-order chi connectivity index (χ0) is 8.27. The molecule has 0 radical (unpaired) electrons. The summed E-state index contributed by atoms with van der Waals surface area (Å²) in [6.07, 6.45) is 3.36. The fraction of sp³-hybridized carbons (Fsp3) is 0.875. The average Bonchev–Trinajstić information content (AvgIpc) is 2.13. The van der Waals surface area contributed by atoms with Crippen molar-refractivity contribution in [3.05, 3.63) is 0 Å². The van der Waals surface area contributed by atoms with Crippen LogP contribution < -0.4 is 0 Å². The van der Waals surface area contributed by atoms with Crippen LogP contribution in [0.15, 0.2) is 0 Å². The first-order valence-electron chi connectivity index (χ1n) is 4.11. The lowest BCUT2D eigenvalue weighted by molar-refractivity contribution is -0.142. The molecule has 1 aliphatic rings. The maximum atomic E-state index is 10.5. The van der Waals surface area contributed by atoms with Crippen molar-refractivity contribution in [2.24, 2.45) is 5.92 Å². The van der Waals surface area contributed by atoms with E-state index in [4.69, 9.17) is 5.11 Å². The largest absolute Gasteiger partial charge is 0.481 e. The minimum absolute atomic E-state index is 0.216. The summed E-state index contributed by atoms with van der Waals surface area (Å²) in [5.41, 5.74) is 0. The molecule has 2 unspecified atom stereocenters. The van der Waals surface area contributed by atoms with Gasteiger partial charge < -0.3 is 10.2 Å². The van der Waals surface area contributed by atoms with Crippen LogP contribution in [0.4, 0.5) is 0 Å². The van der Waals surface area contributed by atoms with Gasteiger partial charge in [-0.3, -0.25) is 4.79 Å². The normalized spacial score (nSPS) is 32.8. The highest BCUT2D eigenvalue weighted by atomic mass is 16.4. The Morgan fingerprint density at radius 3 is 2.55 bits per heavy atom. The Bertz CT molecular complexity index is 144. The molecule has 3 heteroatoms. The van der Waals surface area contributed by atoms with E-state index < -0.39 is 5.97 Å². The maximum absolute atomic E-state index is 10.5. The number of carbonyl (C=O) groups is 1. The van der Waals surface area contributed by atoms with Crippen LogP contribution in [0.5, 0.6) is 0 Å². The van der Waals surface area contributed by atoms with E-state index >= 15 is 0 Å². The number of aliphatic carboxylic acids is 1. The lowest BCUT2D eigenvalue weighted by atomic mass is 10.0. The molecule has 2 N–H and O–H groups in total. The predicted octanol–water partition coefficient (Wildman–Crippen LogP) is 1.01. The molecule has 64 valence electrons. The molecule has 1 fully saturated rings. The number of carboxylic acids is 1. The Morgan fingerprint density at radius 2 is 1.91 bits per heavy atom. The highest BCUT2D eigenvalue weighted by molar-refractivity contribution is 5.69. The number of aliphatic hydroxyl groups is 1. The van der Waals surface area contributed by atoms with Gasteiger partial charge in [0.25, 0.3) is 0 Å². The summed E-state index contributed by atoms with van der Waals surface area (Å²) in [6, 6.07) is 0. The van der Waals surface area contributed by atoms with Crippen LogP contribution in [-0.2, 0) is 4.79 Å². The van der Waals surface area contributed by atoms with Crippen molar-refractivity contribution in [2.75, 3.05) is 0 Å². The highest BCUT2D eigenvalue weighted by Crippen LogP contribution is 2.23.